The normalized spacial score (nSPS) is 20.9. The standard InChI is InChI=1S/C14H21NO3/c1-10-6-4-5-7-15(10)9-12-8-13(11(2)18-12)14(16)17-3/h8,10H,4-7,9H2,1-3H3. The van der Waals surface area contributed by atoms with Crippen molar-refractivity contribution in [3.63, 3.8) is 0 Å². The van der Waals surface area contributed by atoms with E-state index in [-0.39, 0.29) is 5.97 Å². The van der Waals surface area contributed by atoms with Crippen LogP contribution in [0.5, 0.6) is 0 Å². The fraction of sp³-hybridized carbons (Fsp3) is 0.643. The first kappa shape index (κ1) is 13.1. The molecular weight excluding hydrogens is 230 g/mol. The van der Waals surface area contributed by atoms with Crippen LogP contribution >= 0.6 is 0 Å². The SMILES string of the molecule is COC(=O)c1cc(CN2CCCCC2C)oc1C. The lowest BCUT2D eigenvalue weighted by atomic mass is 10.0. The summed E-state index contributed by atoms with van der Waals surface area (Å²) in [6.45, 7) is 5.93. The van der Waals surface area contributed by atoms with Gasteiger partial charge >= 0.3 is 5.97 Å². The number of nitrogens with zero attached hydrogens (tertiary/aromatic N) is 1. The number of likely N-dealkylation sites (tertiary alicyclic amines) is 1. The number of esters is 1. The molecule has 100 valence electrons. The van der Waals surface area contributed by atoms with Gasteiger partial charge in [-0.15, -0.1) is 0 Å². The molecule has 0 aliphatic carbocycles. The highest BCUT2D eigenvalue weighted by Gasteiger charge is 2.21. The zero-order valence-electron chi connectivity index (χ0n) is 11.4. The van der Waals surface area contributed by atoms with Crippen LogP contribution in [-0.2, 0) is 11.3 Å². The van der Waals surface area contributed by atoms with Crippen LogP contribution in [-0.4, -0.2) is 30.6 Å². The molecule has 4 nitrogen and oxygen atoms in total. The van der Waals surface area contributed by atoms with E-state index in [1.165, 1.54) is 26.4 Å². The molecule has 2 rings (SSSR count). The summed E-state index contributed by atoms with van der Waals surface area (Å²) in [5.41, 5.74) is 0.539. The van der Waals surface area contributed by atoms with E-state index in [4.69, 9.17) is 9.15 Å². The topological polar surface area (TPSA) is 42.7 Å². The molecule has 1 aromatic rings. The van der Waals surface area contributed by atoms with Gasteiger partial charge in [0.1, 0.15) is 17.1 Å². The van der Waals surface area contributed by atoms with Gasteiger partial charge < -0.3 is 9.15 Å². The van der Waals surface area contributed by atoms with Gasteiger partial charge in [-0.2, -0.15) is 0 Å². The van der Waals surface area contributed by atoms with E-state index in [9.17, 15) is 4.79 Å². The number of hydrogen-bond donors (Lipinski definition) is 0. The molecule has 0 aromatic carbocycles. The maximum atomic E-state index is 11.5. The summed E-state index contributed by atoms with van der Waals surface area (Å²) in [6.07, 6.45) is 3.79. The molecule has 1 unspecified atom stereocenters. The zero-order valence-corrected chi connectivity index (χ0v) is 11.4. The van der Waals surface area contributed by atoms with E-state index >= 15 is 0 Å². The Bertz CT molecular complexity index is 425. The molecule has 0 spiro atoms. The first-order valence-electron chi connectivity index (χ1n) is 6.53. The Morgan fingerprint density at radius 3 is 3.00 bits per heavy atom. The largest absolute Gasteiger partial charge is 0.465 e. The van der Waals surface area contributed by atoms with E-state index in [1.54, 1.807) is 6.92 Å². The number of carbonyl (C=O) groups is 1. The average Bonchev–Trinajstić information content (AvgIpc) is 2.72. The molecule has 1 aliphatic heterocycles. The minimum atomic E-state index is -0.325. The van der Waals surface area contributed by atoms with Crippen molar-refractivity contribution in [2.24, 2.45) is 0 Å². The number of hydrogen-bond acceptors (Lipinski definition) is 4. The monoisotopic (exact) mass is 251 g/mol. The van der Waals surface area contributed by atoms with Crippen molar-refractivity contribution in [2.45, 2.75) is 45.7 Å². The molecule has 4 heteroatoms. The average molecular weight is 251 g/mol. The van der Waals surface area contributed by atoms with Gasteiger partial charge in [-0.1, -0.05) is 6.42 Å². The minimum absolute atomic E-state index is 0.325. The molecular formula is C14H21NO3. The zero-order chi connectivity index (χ0) is 13.1. The third-order valence-electron chi connectivity index (χ3n) is 3.67. The third kappa shape index (κ3) is 2.75. The quantitative estimate of drug-likeness (QED) is 0.775. The van der Waals surface area contributed by atoms with Crippen LogP contribution in [0.2, 0.25) is 0 Å². The Labute approximate surface area is 108 Å². The molecule has 2 heterocycles. The molecule has 1 atom stereocenters. The summed E-state index contributed by atoms with van der Waals surface area (Å²) >= 11 is 0. The van der Waals surface area contributed by atoms with E-state index < -0.39 is 0 Å². The van der Waals surface area contributed by atoms with E-state index in [1.807, 2.05) is 6.07 Å². The van der Waals surface area contributed by atoms with Gasteiger partial charge in [0.2, 0.25) is 0 Å². The molecule has 1 aliphatic rings. The molecule has 18 heavy (non-hydrogen) atoms. The van der Waals surface area contributed by atoms with Crippen LogP contribution in [0, 0.1) is 6.92 Å². The van der Waals surface area contributed by atoms with Crippen LogP contribution in [0.15, 0.2) is 10.5 Å². The van der Waals surface area contributed by atoms with Crippen LogP contribution in [0.1, 0.15) is 48.1 Å². The number of piperidine rings is 1. The Balaban J connectivity index is 2.07. The second-order valence-corrected chi connectivity index (χ2v) is 4.99. The number of methoxy groups -OCH3 is 1. The van der Waals surface area contributed by atoms with Gasteiger partial charge in [0.15, 0.2) is 0 Å². The van der Waals surface area contributed by atoms with Gasteiger partial charge in [0, 0.05) is 6.04 Å². The summed E-state index contributed by atoms with van der Waals surface area (Å²) < 4.78 is 10.4. The molecule has 1 saturated heterocycles. The number of rotatable bonds is 3. The summed E-state index contributed by atoms with van der Waals surface area (Å²) in [6, 6.07) is 2.40. The number of furan rings is 1. The lowest BCUT2D eigenvalue weighted by Gasteiger charge is -2.32. The predicted molar refractivity (Wildman–Crippen MR) is 68.5 cm³/mol. The lowest BCUT2D eigenvalue weighted by molar-refractivity contribution is 0.0599. The second-order valence-electron chi connectivity index (χ2n) is 4.99. The Kier molecular flexibility index (Phi) is 4.07. The van der Waals surface area contributed by atoms with Crippen molar-refractivity contribution < 1.29 is 13.9 Å². The van der Waals surface area contributed by atoms with Crippen molar-refractivity contribution in [3.8, 4) is 0 Å². The molecule has 0 radical (unpaired) electrons. The molecule has 0 amide bonds. The second kappa shape index (κ2) is 5.57. The Morgan fingerprint density at radius 1 is 1.56 bits per heavy atom. The van der Waals surface area contributed by atoms with Crippen LogP contribution in [0.25, 0.3) is 0 Å². The van der Waals surface area contributed by atoms with Crippen LogP contribution < -0.4 is 0 Å². The van der Waals surface area contributed by atoms with Gasteiger partial charge in [-0.3, -0.25) is 4.90 Å². The smallest absolute Gasteiger partial charge is 0.341 e. The van der Waals surface area contributed by atoms with Crippen molar-refractivity contribution >= 4 is 5.97 Å². The highest BCUT2D eigenvalue weighted by molar-refractivity contribution is 5.90. The Hall–Kier alpha value is -1.29. The molecule has 1 aromatic heterocycles. The van der Waals surface area contributed by atoms with Crippen LogP contribution in [0.4, 0.5) is 0 Å². The summed E-state index contributed by atoms with van der Waals surface area (Å²) in [4.78, 5) is 13.9. The maximum absolute atomic E-state index is 11.5. The van der Waals surface area contributed by atoms with E-state index in [0.29, 0.717) is 17.4 Å². The maximum Gasteiger partial charge on any atom is 0.341 e. The molecule has 0 saturated carbocycles. The predicted octanol–water partition coefficient (Wildman–Crippen LogP) is 2.75. The summed E-state index contributed by atoms with van der Waals surface area (Å²) in [7, 11) is 1.39. The number of aryl methyl sites for hydroxylation is 1. The van der Waals surface area contributed by atoms with Crippen molar-refractivity contribution in [2.75, 3.05) is 13.7 Å². The molecule has 0 bridgehead atoms. The van der Waals surface area contributed by atoms with Crippen molar-refractivity contribution in [3.05, 3.63) is 23.2 Å². The third-order valence-corrected chi connectivity index (χ3v) is 3.67. The minimum Gasteiger partial charge on any atom is -0.465 e. The number of carbonyl (C=O) groups excluding carboxylic acids is 1. The van der Waals surface area contributed by atoms with Gasteiger partial charge in [-0.25, -0.2) is 4.79 Å². The molecule has 1 fully saturated rings. The molecule has 0 N–H and O–H groups in total. The Morgan fingerprint density at radius 2 is 2.33 bits per heavy atom. The highest BCUT2D eigenvalue weighted by Crippen LogP contribution is 2.22. The fourth-order valence-electron chi connectivity index (χ4n) is 2.53. The fourth-order valence-corrected chi connectivity index (χ4v) is 2.53. The van der Waals surface area contributed by atoms with E-state index in [2.05, 4.69) is 11.8 Å². The van der Waals surface area contributed by atoms with Crippen molar-refractivity contribution in [1.29, 1.82) is 0 Å². The summed E-state index contributed by atoms with van der Waals surface area (Å²) in [5.74, 6) is 1.16. The van der Waals surface area contributed by atoms with Crippen LogP contribution in [0.3, 0.4) is 0 Å². The summed E-state index contributed by atoms with van der Waals surface area (Å²) in [5, 5.41) is 0. The lowest BCUT2D eigenvalue weighted by Crippen LogP contribution is -2.36. The van der Waals surface area contributed by atoms with Gasteiger partial charge in [0.05, 0.1) is 13.7 Å². The van der Waals surface area contributed by atoms with Gasteiger partial charge in [-0.05, 0) is 39.3 Å². The highest BCUT2D eigenvalue weighted by atomic mass is 16.5. The number of ether oxygens (including phenoxy) is 1. The first-order valence-corrected chi connectivity index (χ1v) is 6.53. The van der Waals surface area contributed by atoms with Gasteiger partial charge in [0.25, 0.3) is 0 Å². The van der Waals surface area contributed by atoms with E-state index in [0.717, 1.165) is 18.8 Å². The first-order chi connectivity index (χ1) is 8.61. The van der Waals surface area contributed by atoms with Crippen molar-refractivity contribution in [1.82, 2.24) is 4.90 Å².